The molecule has 1 amide bonds. The van der Waals surface area contributed by atoms with Crippen molar-refractivity contribution in [2.45, 2.75) is 6.92 Å². The van der Waals surface area contributed by atoms with E-state index in [1.165, 1.54) is 11.8 Å². The molecule has 5 rings (SSSR count). The van der Waals surface area contributed by atoms with Crippen molar-refractivity contribution < 1.29 is 4.79 Å². The summed E-state index contributed by atoms with van der Waals surface area (Å²) < 4.78 is 0. The van der Waals surface area contributed by atoms with Crippen molar-refractivity contribution in [1.29, 1.82) is 0 Å². The smallest absolute Gasteiger partial charge is 0.243 e. The number of anilines is 1. The maximum Gasteiger partial charge on any atom is 0.243 e. The molecule has 1 saturated heterocycles. The summed E-state index contributed by atoms with van der Waals surface area (Å²) in [6, 6.07) is 23.6. The minimum absolute atomic E-state index is 0.00324. The number of aryl methyl sites for hydroxylation is 1. The van der Waals surface area contributed by atoms with E-state index >= 15 is 0 Å². The standard InChI is InChI=1S/C25H19ClN4OS/c1-16-5-4-6-19(13-16)30-23(31)15-32-25(30)29-27-14-21-20-7-2-3-8-22(20)28-24(21)17-9-11-18(26)12-10-17/h2-14,28H,15H2,1H3/b27-14-,29-25?. The maximum absolute atomic E-state index is 12.5. The molecule has 1 aromatic heterocycles. The lowest BCUT2D eigenvalue weighted by Crippen LogP contribution is -2.29. The number of amides is 1. The van der Waals surface area contributed by atoms with Crippen molar-refractivity contribution in [1.82, 2.24) is 4.98 Å². The number of fused-ring (bicyclic) bond motifs is 1. The van der Waals surface area contributed by atoms with Crippen LogP contribution in [0.4, 0.5) is 5.69 Å². The van der Waals surface area contributed by atoms with Crippen LogP contribution >= 0.6 is 23.4 Å². The highest BCUT2D eigenvalue weighted by molar-refractivity contribution is 8.15. The van der Waals surface area contributed by atoms with Crippen molar-refractivity contribution in [2.24, 2.45) is 10.2 Å². The van der Waals surface area contributed by atoms with Crippen LogP contribution in [0.2, 0.25) is 5.02 Å². The lowest BCUT2D eigenvalue weighted by Gasteiger charge is -2.15. The fraction of sp³-hybridized carbons (Fsp3) is 0.0800. The monoisotopic (exact) mass is 458 g/mol. The molecule has 0 radical (unpaired) electrons. The van der Waals surface area contributed by atoms with E-state index in [9.17, 15) is 4.79 Å². The largest absolute Gasteiger partial charge is 0.354 e. The molecule has 158 valence electrons. The van der Waals surface area contributed by atoms with E-state index in [1.54, 1.807) is 11.1 Å². The third-order valence-corrected chi connectivity index (χ3v) is 6.40. The summed E-state index contributed by atoms with van der Waals surface area (Å²) in [7, 11) is 0. The molecule has 0 atom stereocenters. The summed E-state index contributed by atoms with van der Waals surface area (Å²) in [6.07, 6.45) is 1.74. The molecule has 3 aromatic carbocycles. The Hall–Kier alpha value is -3.35. The Labute approximate surface area is 194 Å². The summed E-state index contributed by atoms with van der Waals surface area (Å²) in [5, 5.41) is 11.1. The Balaban J connectivity index is 1.53. The number of rotatable bonds is 4. The molecule has 0 bridgehead atoms. The molecule has 5 nitrogen and oxygen atoms in total. The molecule has 1 aliphatic heterocycles. The van der Waals surface area contributed by atoms with Gasteiger partial charge in [0, 0.05) is 21.5 Å². The summed E-state index contributed by atoms with van der Waals surface area (Å²) >= 11 is 7.46. The van der Waals surface area contributed by atoms with E-state index in [1.807, 2.05) is 79.7 Å². The van der Waals surface area contributed by atoms with Gasteiger partial charge in [0.25, 0.3) is 0 Å². The number of H-pyrrole nitrogens is 1. The molecule has 4 aromatic rings. The number of aromatic amines is 1. The van der Waals surface area contributed by atoms with Crippen molar-refractivity contribution in [3.63, 3.8) is 0 Å². The second kappa shape index (κ2) is 8.65. The molecular formula is C25H19ClN4OS. The van der Waals surface area contributed by atoms with Crippen LogP contribution in [0.25, 0.3) is 22.2 Å². The number of benzene rings is 3. The third-order valence-electron chi connectivity index (χ3n) is 5.23. The average molecular weight is 459 g/mol. The zero-order valence-electron chi connectivity index (χ0n) is 17.2. The molecule has 0 aliphatic carbocycles. The van der Waals surface area contributed by atoms with Crippen LogP contribution in [0.3, 0.4) is 0 Å². The first-order valence-corrected chi connectivity index (χ1v) is 11.5. The van der Waals surface area contributed by atoms with Gasteiger partial charge in [-0.3, -0.25) is 9.69 Å². The number of carbonyl (C=O) groups is 1. The van der Waals surface area contributed by atoms with Gasteiger partial charge < -0.3 is 4.98 Å². The summed E-state index contributed by atoms with van der Waals surface area (Å²) in [5.74, 6) is 0.356. The minimum Gasteiger partial charge on any atom is -0.354 e. The fourth-order valence-electron chi connectivity index (χ4n) is 3.74. The molecule has 0 spiro atoms. The maximum atomic E-state index is 12.5. The Morgan fingerprint density at radius 3 is 2.69 bits per heavy atom. The SMILES string of the molecule is Cc1cccc(N2C(=O)CSC2=N/N=C\c2c(-c3ccc(Cl)cc3)[nH]c3ccccc23)c1. The summed E-state index contributed by atoms with van der Waals surface area (Å²) in [6.45, 7) is 2.00. The van der Waals surface area contributed by atoms with Crippen molar-refractivity contribution in [3.8, 4) is 11.3 Å². The Kier molecular flexibility index (Phi) is 5.55. The Morgan fingerprint density at radius 2 is 1.88 bits per heavy atom. The Bertz CT molecular complexity index is 1370. The number of nitrogens with one attached hydrogen (secondary N) is 1. The number of thioether (sulfide) groups is 1. The van der Waals surface area contributed by atoms with Gasteiger partial charge in [0.05, 0.1) is 23.3 Å². The number of aromatic nitrogens is 1. The molecule has 32 heavy (non-hydrogen) atoms. The third kappa shape index (κ3) is 3.95. The van der Waals surface area contributed by atoms with Gasteiger partial charge in [-0.25, -0.2) is 0 Å². The van der Waals surface area contributed by atoms with E-state index in [0.29, 0.717) is 15.9 Å². The molecule has 1 fully saturated rings. The minimum atomic E-state index is 0.00324. The topological polar surface area (TPSA) is 60.8 Å². The van der Waals surface area contributed by atoms with Crippen molar-refractivity contribution in [3.05, 3.63) is 88.9 Å². The Morgan fingerprint density at radius 1 is 1.06 bits per heavy atom. The fourth-order valence-corrected chi connectivity index (χ4v) is 4.68. The number of hydrogen-bond acceptors (Lipinski definition) is 4. The summed E-state index contributed by atoms with van der Waals surface area (Å²) in [5.41, 5.74) is 5.79. The van der Waals surface area contributed by atoms with E-state index in [-0.39, 0.29) is 5.91 Å². The number of amidine groups is 1. The van der Waals surface area contributed by atoms with Gasteiger partial charge >= 0.3 is 0 Å². The number of nitrogens with zero attached hydrogens (tertiary/aromatic N) is 3. The molecule has 2 heterocycles. The van der Waals surface area contributed by atoms with Crippen LogP contribution in [0.15, 0.2) is 83.0 Å². The average Bonchev–Trinajstić information content (AvgIpc) is 3.35. The lowest BCUT2D eigenvalue weighted by atomic mass is 10.1. The second-order valence-corrected chi connectivity index (χ2v) is 8.83. The number of carbonyl (C=O) groups excluding carboxylic acids is 1. The summed E-state index contributed by atoms with van der Waals surface area (Å²) in [4.78, 5) is 17.6. The first-order chi connectivity index (χ1) is 15.6. The first-order valence-electron chi connectivity index (χ1n) is 10.1. The molecular weight excluding hydrogens is 440 g/mol. The van der Waals surface area contributed by atoms with E-state index in [4.69, 9.17) is 11.6 Å². The number of hydrogen-bond donors (Lipinski definition) is 1. The van der Waals surface area contributed by atoms with Crippen molar-refractivity contribution in [2.75, 3.05) is 10.7 Å². The lowest BCUT2D eigenvalue weighted by molar-refractivity contribution is -0.115. The zero-order chi connectivity index (χ0) is 22.1. The second-order valence-electron chi connectivity index (χ2n) is 7.45. The van der Waals surface area contributed by atoms with Crippen LogP contribution in [0.5, 0.6) is 0 Å². The van der Waals surface area contributed by atoms with Gasteiger partial charge in [0.2, 0.25) is 5.91 Å². The normalized spacial score (nSPS) is 15.5. The van der Waals surface area contributed by atoms with E-state index in [0.717, 1.165) is 39.0 Å². The quantitative estimate of drug-likeness (QED) is 0.289. The molecule has 7 heteroatoms. The van der Waals surface area contributed by atoms with Gasteiger partial charge in [0.1, 0.15) is 0 Å². The predicted molar refractivity (Wildman–Crippen MR) is 135 cm³/mol. The molecule has 0 saturated carbocycles. The first kappa shape index (κ1) is 20.5. The highest BCUT2D eigenvalue weighted by Gasteiger charge is 2.29. The van der Waals surface area contributed by atoms with Gasteiger partial charge in [-0.15, -0.1) is 5.10 Å². The van der Waals surface area contributed by atoms with E-state index in [2.05, 4.69) is 15.2 Å². The van der Waals surface area contributed by atoms with Gasteiger partial charge in [-0.1, -0.05) is 65.8 Å². The van der Waals surface area contributed by atoms with Crippen LogP contribution < -0.4 is 4.90 Å². The number of para-hydroxylation sites is 1. The van der Waals surface area contributed by atoms with Crippen LogP contribution in [0.1, 0.15) is 11.1 Å². The van der Waals surface area contributed by atoms with Crippen molar-refractivity contribution >= 4 is 57.2 Å². The highest BCUT2D eigenvalue weighted by atomic mass is 35.5. The molecule has 0 unspecified atom stereocenters. The number of halogens is 1. The molecule has 1 aliphatic rings. The molecule has 1 N–H and O–H groups in total. The van der Waals surface area contributed by atoms with E-state index < -0.39 is 0 Å². The zero-order valence-corrected chi connectivity index (χ0v) is 18.8. The van der Waals surface area contributed by atoms with Gasteiger partial charge in [0.15, 0.2) is 5.17 Å². The van der Waals surface area contributed by atoms with Gasteiger partial charge in [-0.05, 0) is 48.4 Å². The van der Waals surface area contributed by atoms with Crippen LogP contribution in [0, 0.1) is 6.92 Å². The van der Waals surface area contributed by atoms with Crippen LogP contribution in [-0.2, 0) is 4.79 Å². The highest BCUT2D eigenvalue weighted by Crippen LogP contribution is 2.31. The van der Waals surface area contributed by atoms with Gasteiger partial charge in [-0.2, -0.15) is 5.10 Å². The predicted octanol–water partition coefficient (Wildman–Crippen LogP) is 6.27. The van der Waals surface area contributed by atoms with Crippen LogP contribution in [-0.4, -0.2) is 28.0 Å².